The Balaban J connectivity index is 1.72. The molecule has 0 radical (unpaired) electrons. The largest absolute Gasteiger partial charge is 0.357 e. The van der Waals surface area contributed by atoms with E-state index < -0.39 is 0 Å². The molecule has 0 saturated heterocycles. The van der Waals surface area contributed by atoms with Crippen molar-refractivity contribution >= 4 is 40.4 Å². The van der Waals surface area contributed by atoms with E-state index in [9.17, 15) is 9.59 Å². The lowest BCUT2D eigenvalue weighted by Crippen LogP contribution is -2.44. The molecular formula is C25H28ClN3O2. The first-order valence-corrected chi connectivity index (χ1v) is 11.1. The van der Waals surface area contributed by atoms with Gasteiger partial charge in [0.05, 0.1) is 34.7 Å². The molecular weight excluding hydrogens is 410 g/mol. The van der Waals surface area contributed by atoms with Crippen molar-refractivity contribution in [1.29, 1.82) is 0 Å². The second-order valence-corrected chi connectivity index (χ2v) is 9.46. The molecule has 2 aromatic carbocycles. The zero-order chi connectivity index (χ0) is 22.2. The fourth-order valence-corrected chi connectivity index (χ4v) is 4.86. The molecule has 162 valence electrons. The van der Waals surface area contributed by atoms with E-state index in [2.05, 4.69) is 31.4 Å². The van der Waals surface area contributed by atoms with Crippen molar-refractivity contribution in [2.24, 2.45) is 5.41 Å². The number of para-hydroxylation sites is 3. The van der Waals surface area contributed by atoms with Gasteiger partial charge in [-0.05, 0) is 42.5 Å². The van der Waals surface area contributed by atoms with Crippen LogP contribution < -0.4 is 15.5 Å². The lowest BCUT2D eigenvalue weighted by Gasteiger charge is -2.37. The van der Waals surface area contributed by atoms with Crippen LogP contribution in [0, 0.1) is 5.41 Å². The lowest BCUT2D eigenvalue weighted by molar-refractivity contribution is -0.119. The van der Waals surface area contributed by atoms with Gasteiger partial charge in [0.2, 0.25) is 5.91 Å². The molecule has 1 amide bonds. The van der Waals surface area contributed by atoms with Crippen molar-refractivity contribution in [1.82, 2.24) is 0 Å². The number of carbonyl (C=O) groups excluding carboxylic acids is 2. The number of hydrogen-bond donors (Lipinski definition) is 2. The molecule has 2 aromatic rings. The summed E-state index contributed by atoms with van der Waals surface area (Å²) in [5.74, 6) is -0.0103. The highest BCUT2D eigenvalue weighted by Crippen LogP contribution is 2.44. The molecule has 2 N–H and O–H groups in total. The van der Waals surface area contributed by atoms with E-state index in [1.54, 1.807) is 12.1 Å². The number of fused-ring (bicyclic) bond motifs is 1. The Morgan fingerprint density at radius 1 is 1.16 bits per heavy atom. The number of hydrogen-bond acceptors (Lipinski definition) is 4. The Labute approximate surface area is 188 Å². The predicted molar refractivity (Wildman–Crippen MR) is 127 cm³/mol. The van der Waals surface area contributed by atoms with Crippen LogP contribution in [0.25, 0.3) is 0 Å². The van der Waals surface area contributed by atoms with Crippen molar-refractivity contribution in [3.05, 3.63) is 64.8 Å². The lowest BCUT2D eigenvalue weighted by atomic mass is 9.74. The molecule has 4 rings (SSSR count). The van der Waals surface area contributed by atoms with Crippen molar-refractivity contribution in [2.75, 3.05) is 22.1 Å². The number of rotatable bonds is 4. The van der Waals surface area contributed by atoms with Crippen molar-refractivity contribution in [2.45, 2.75) is 46.1 Å². The Morgan fingerprint density at radius 3 is 2.61 bits per heavy atom. The first kappa shape index (κ1) is 21.4. The summed E-state index contributed by atoms with van der Waals surface area (Å²) in [4.78, 5) is 28.3. The zero-order valence-electron chi connectivity index (χ0n) is 18.2. The minimum atomic E-state index is -0.174. The van der Waals surface area contributed by atoms with Gasteiger partial charge in [0, 0.05) is 17.7 Å². The van der Waals surface area contributed by atoms with Gasteiger partial charge in [-0.2, -0.15) is 0 Å². The van der Waals surface area contributed by atoms with Gasteiger partial charge < -0.3 is 15.5 Å². The van der Waals surface area contributed by atoms with Crippen LogP contribution in [0.4, 0.5) is 17.1 Å². The second-order valence-electron chi connectivity index (χ2n) is 9.06. The van der Waals surface area contributed by atoms with E-state index in [0.717, 1.165) is 35.5 Å². The Bertz CT molecular complexity index is 1060. The number of amides is 1. The highest BCUT2D eigenvalue weighted by molar-refractivity contribution is 6.33. The predicted octanol–water partition coefficient (Wildman–Crippen LogP) is 5.63. The summed E-state index contributed by atoms with van der Waals surface area (Å²) in [5, 5.41) is 6.95. The number of anilines is 3. The van der Waals surface area contributed by atoms with Crippen LogP contribution in [-0.2, 0) is 9.59 Å². The van der Waals surface area contributed by atoms with E-state index >= 15 is 0 Å². The normalized spacial score (nSPS) is 19.8. The van der Waals surface area contributed by atoms with Crippen LogP contribution in [-0.4, -0.2) is 24.3 Å². The van der Waals surface area contributed by atoms with Crippen molar-refractivity contribution in [3.8, 4) is 0 Å². The average molecular weight is 438 g/mol. The third kappa shape index (κ3) is 4.33. The fourth-order valence-electron chi connectivity index (χ4n) is 4.68. The number of halogens is 1. The van der Waals surface area contributed by atoms with Gasteiger partial charge in [0.15, 0.2) is 5.78 Å². The van der Waals surface area contributed by atoms with Gasteiger partial charge >= 0.3 is 0 Å². The van der Waals surface area contributed by atoms with E-state index in [1.165, 1.54) is 0 Å². The quantitative estimate of drug-likeness (QED) is 0.650. The van der Waals surface area contributed by atoms with E-state index in [1.807, 2.05) is 41.3 Å². The van der Waals surface area contributed by atoms with Crippen LogP contribution in [0.5, 0.6) is 0 Å². The molecule has 1 heterocycles. The van der Waals surface area contributed by atoms with Crippen LogP contribution in [0.1, 0.15) is 40.0 Å². The number of Topliss-reactive ketones (excluding diaryl/α,β-unsaturated/α-hetero) is 1. The first-order chi connectivity index (χ1) is 14.8. The molecule has 0 saturated carbocycles. The molecule has 1 aliphatic carbocycles. The van der Waals surface area contributed by atoms with Gasteiger partial charge in [-0.3, -0.25) is 9.59 Å². The van der Waals surface area contributed by atoms with E-state index in [0.29, 0.717) is 17.1 Å². The first-order valence-electron chi connectivity index (χ1n) is 10.7. The highest BCUT2D eigenvalue weighted by atomic mass is 35.5. The van der Waals surface area contributed by atoms with Crippen LogP contribution in [0.15, 0.2) is 59.8 Å². The number of allylic oxidation sites excluding steroid dienone is 1. The topological polar surface area (TPSA) is 61.4 Å². The minimum absolute atomic E-state index is 0.0905. The van der Waals surface area contributed by atoms with E-state index in [4.69, 9.17) is 11.6 Å². The molecule has 0 bridgehead atoms. The van der Waals surface area contributed by atoms with Gasteiger partial charge in [-0.15, -0.1) is 0 Å². The molecule has 2 aliphatic rings. The van der Waals surface area contributed by atoms with Gasteiger partial charge in [0.1, 0.15) is 0 Å². The van der Waals surface area contributed by atoms with Gasteiger partial charge in [-0.1, -0.05) is 56.6 Å². The SMILES string of the molecule is CCC1C2=C(CC(C)(C)CC2=O)Nc2ccccc2N1CC(=O)Nc1ccccc1Cl. The maximum atomic E-state index is 13.2. The van der Waals surface area contributed by atoms with Crippen LogP contribution >= 0.6 is 11.6 Å². The summed E-state index contributed by atoms with van der Waals surface area (Å²) in [5.41, 5.74) is 4.12. The number of ketones is 1. The summed E-state index contributed by atoms with van der Waals surface area (Å²) in [6.45, 7) is 6.44. The summed E-state index contributed by atoms with van der Waals surface area (Å²) in [6.07, 6.45) is 2.04. The summed E-state index contributed by atoms with van der Waals surface area (Å²) in [6, 6.07) is 14.9. The van der Waals surface area contributed by atoms with Gasteiger partial charge in [-0.25, -0.2) is 0 Å². The molecule has 6 heteroatoms. The zero-order valence-corrected chi connectivity index (χ0v) is 18.9. The molecule has 0 aromatic heterocycles. The summed E-state index contributed by atoms with van der Waals surface area (Å²) in [7, 11) is 0. The van der Waals surface area contributed by atoms with Crippen LogP contribution in [0.2, 0.25) is 5.02 Å². The monoisotopic (exact) mass is 437 g/mol. The van der Waals surface area contributed by atoms with Crippen molar-refractivity contribution < 1.29 is 9.59 Å². The van der Waals surface area contributed by atoms with E-state index in [-0.39, 0.29) is 29.7 Å². The molecule has 1 unspecified atom stereocenters. The minimum Gasteiger partial charge on any atom is -0.357 e. The molecule has 0 fully saturated rings. The van der Waals surface area contributed by atoms with Gasteiger partial charge in [0.25, 0.3) is 0 Å². The molecule has 1 aliphatic heterocycles. The van der Waals surface area contributed by atoms with Crippen molar-refractivity contribution in [3.63, 3.8) is 0 Å². The number of benzene rings is 2. The second kappa shape index (κ2) is 8.39. The standard InChI is InChI=1S/C25H28ClN3O2/c1-4-20-24-19(13-25(2,3)14-22(24)30)27-18-11-7-8-12-21(18)29(20)15-23(31)28-17-10-6-5-9-16(17)26/h5-12,20,27H,4,13-15H2,1-3H3,(H,28,31). The number of carbonyl (C=O) groups is 2. The average Bonchev–Trinajstić information content (AvgIpc) is 2.83. The smallest absolute Gasteiger partial charge is 0.243 e. The Kier molecular flexibility index (Phi) is 5.80. The number of nitrogens with zero attached hydrogens (tertiary/aromatic N) is 1. The summed E-state index contributed by atoms with van der Waals surface area (Å²) < 4.78 is 0. The molecule has 0 spiro atoms. The van der Waals surface area contributed by atoms with Crippen LogP contribution in [0.3, 0.4) is 0 Å². The molecule has 1 atom stereocenters. The Morgan fingerprint density at radius 2 is 1.87 bits per heavy atom. The fraction of sp³-hybridized carbons (Fsp3) is 0.360. The Hall–Kier alpha value is -2.79. The molecule has 5 nitrogen and oxygen atoms in total. The third-order valence-corrected chi connectivity index (χ3v) is 6.31. The third-order valence-electron chi connectivity index (χ3n) is 5.98. The summed E-state index contributed by atoms with van der Waals surface area (Å²) >= 11 is 6.22. The maximum absolute atomic E-state index is 13.2. The maximum Gasteiger partial charge on any atom is 0.243 e. The number of nitrogens with one attached hydrogen (secondary N) is 2. The highest BCUT2D eigenvalue weighted by Gasteiger charge is 2.40. The molecule has 31 heavy (non-hydrogen) atoms.